The number of nitrogens with zero attached hydrogens (tertiary/aromatic N) is 4. The summed E-state index contributed by atoms with van der Waals surface area (Å²) >= 11 is 1.10. The first-order valence-corrected chi connectivity index (χ1v) is 11.6. The maximum Gasteiger partial charge on any atom is 0.222 e. The lowest BCUT2D eigenvalue weighted by Gasteiger charge is -2.07. The Morgan fingerprint density at radius 2 is 1.91 bits per heavy atom. The highest BCUT2D eigenvalue weighted by Crippen LogP contribution is 2.45. The molecule has 160 valence electrons. The van der Waals surface area contributed by atoms with E-state index in [9.17, 15) is 18.5 Å². The van der Waals surface area contributed by atoms with Gasteiger partial charge in [-0.3, -0.25) is 9.89 Å². The number of carbonyl (C=O) groups is 1. The summed E-state index contributed by atoms with van der Waals surface area (Å²) in [6, 6.07) is 11.7. The van der Waals surface area contributed by atoms with E-state index in [1.807, 2.05) is 6.92 Å². The number of anilines is 1. The number of nitriles is 1. The number of hydrogen-bond donors (Lipinski definition) is 2. The van der Waals surface area contributed by atoms with Crippen LogP contribution in [-0.2, 0) is 14.6 Å². The van der Waals surface area contributed by atoms with Crippen molar-refractivity contribution in [2.24, 2.45) is 0 Å². The predicted octanol–water partition coefficient (Wildman–Crippen LogP) is 3.57. The minimum Gasteiger partial charge on any atom is -0.311 e. The van der Waals surface area contributed by atoms with E-state index in [2.05, 4.69) is 31.6 Å². The van der Waals surface area contributed by atoms with Gasteiger partial charge in [0.05, 0.1) is 20.2 Å². The number of aromatic amines is 1. The van der Waals surface area contributed by atoms with E-state index in [1.54, 1.807) is 24.3 Å². The highest BCUT2D eigenvalue weighted by atomic mass is 32.2. The van der Waals surface area contributed by atoms with Crippen LogP contribution in [0.15, 0.2) is 58.7 Å². The molecule has 0 atom stereocenters. The number of H-pyrrole nitrogens is 1. The number of pyridine rings is 1. The van der Waals surface area contributed by atoms with Gasteiger partial charge < -0.3 is 5.32 Å². The minimum absolute atomic E-state index is 0.0121. The molecule has 0 radical (unpaired) electrons. The third kappa shape index (κ3) is 3.89. The van der Waals surface area contributed by atoms with Crippen molar-refractivity contribution in [1.82, 2.24) is 20.2 Å². The van der Waals surface area contributed by atoms with Gasteiger partial charge in [-0.1, -0.05) is 17.7 Å². The van der Waals surface area contributed by atoms with Crippen molar-refractivity contribution < 1.29 is 13.2 Å². The summed E-state index contributed by atoms with van der Waals surface area (Å²) in [7, 11) is -4.06. The van der Waals surface area contributed by atoms with Crippen LogP contribution in [0.3, 0.4) is 0 Å². The number of benzene rings is 1. The topological polar surface area (TPSA) is 141 Å². The predicted molar refractivity (Wildman–Crippen MR) is 119 cm³/mol. The maximum absolute atomic E-state index is 13.6. The zero-order valence-electron chi connectivity index (χ0n) is 16.9. The maximum atomic E-state index is 13.6. The van der Waals surface area contributed by atoms with Gasteiger partial charge in [0.1, 0.15) is 23.1 Å². The Labute approximate surface area is 187 Å². The second kappa shape index (κ2) is 8.33. The summed E-state index contributed by atoms with van der Waals surface area (Å²) < 4.78 is 27.2. The summed E-state index contributed by atoms with van der Waals surface area (Å²) in [5.41, 5.74) is 1.44. The molecule has 0 aliphatic carbocycles. The Morgan fingerprint density at radius 1 is 1.16 bits per heavy atom. The fraction of sp³-hybridized carbons (Fsp3) is 0.0952. The lowest BCUT2D eigenvalue weighted by molar-refractivity contribution is -0.114. The normalized spacial score (nSPS) is 11.2. The Kier molecular flexibility index (Phi) is 5.56. The van der Waals surface area contributed by atoms with Crippen LogP contribution in [0.4, 0.5) is 5.82 Å². The molecule has 0 spiro atoms. The number of amides is 1. The highest BCUT2D eigenvalue weighted by molar-refractivity contribution is 7.92. The molecule has 3 heterocycles. The van der Waals surface area contributed by atoms with Gasteiger partial charge in [0.2, 0.25) is 15.7 Å². The fourth-order valence-corrected chi connectivity index (χ4v) is 6.20. The quantitative estimate of drug-likeness (QED) is 0.460. The van der Waals surface area contributed by atoms with E-state index < -0.39 is 9.84 Å². The molecule has 0 aliphatic rings. The third-order valence-corrected chi connectivity index (χ3v) is 7.75. The van der Waals surface area contributed by atoms with Crippen molar-refractivity contribution >= 4 is 32.9 Å². The van der Waals surface area contributed by atoms with Crippen molar-refractivity contribution in [3.05, 3.63) is 60.0 Å². The molecular weight excluding hydrogens is 448 g/mol. The molecule has 0 aliphatic heterocycles. The molecule has 32 heavy (non-hydrogen) atoms. The number of thiophene rings is 1. The number of carbonyl (C=O) groups excluding carboxylic acids is 1. The first kappa shape index (κ1) is 21.4. The molecule has 9 nitrogen and oxygen atoms in total. The zero-order valence-corrected chi connectivity index (χ0v) is 18.6. The molecule has 1 amide bonds. The molecule has 0 saturated carbocycles. The van der Waals surface area contributed by atoms with Crippen LogP contribution >= 0.6 is 11.3 Å². The first-order chi connectivity index (χ1) is 15.3. The summed E-state index contributed by atoms with van der Waals surface area (Å²) in [4.78, 5) is 20.2. The smallest absolute Gasteiger partial charge is 0.222 e. The van der Waals surface area contributed by atoms with Crippen molar-refractivity contribution in [3.8, 4) is 27.2 Å². The molecule has 0 fully saturated rings. The second-order valence-electron chi connectivity index (χ2n) is 6.84. The summed E-state index contributed by atoms with van der Waals surface area (Å²) in [6.07, 6.45) is 2.74. The number of nitrogens with one attached hydrogen (secondary N) is 2. The monoisotopic (exact) mass is 464 g/mol. The molecule has 4 aromatic rings. The Bertz CT molecular complexity index is 1450. The van der Waals surface area contributed by atoms with E-state index in [-0.39, 0.29) is 37.8 Å². The average Bonchev–Trinajstić information content (AvgIpc) is 3.41. The van der Waals surface area contributed by atoms with E-state index in [0.29, 0.717) is 10.4 Å². The van der Waals surface area contributed by atoms with Gasteiger partial charge >= 0.3 is 0 Å². The SMILES string of the molecule is CC(=O)Nc1cc(-c2sc(-c3ncn[nH]3)c(S(=O)(=O)c3ccc(C)cc3)c2C#N)ccn1. The average molecular weight is 465 g/mol. The summed E-state index contributed by atoms with van der Waals surface area (Å²) in [5, 5.41) is 19.1. The van der Waals surface area contributed by atoms with Gasteiger partial charge in [-0.2, -0.15) is 10.4 Å². The van der Waals surface area contributed by atoms with Crippen LogP contribution in [0.2, 0.25) is 0 Å². The second-order valence-corrected chi connectivity index (χ2v) is 9.74. The summed E-state index contributed by atoms with van der Waals surface area (Å²) in [5.74, 6) is 0.224. The van der Waals surface area contributed by atoms with Gasteiger partial charge in [-0.15, -0.1) is 11.3 Å². The minimum atomic E-state index is -4.06. The molecule has 0 unspecified atom stereocenters. The van der Waals surface area contributed by atoms with Crippen molar-refractivity contribution in [2.45, 2.75) is 23.6 Å². The van der Waals surface area contributed by atoms with Crippen molar-refractivity contribution in [1.29, 1.82) is 5.26 Å². The molecule has 4 rings (SSSR count). The molecule has 3 aromatic heterocycles. The van der Waals surface area contributed by atoms with Gasteiger partial charge in [0.15, 0.2) is 5.82 Å². The molecule has 2 N–H and O–H groups in total. The third-order valence-electron chi connectivity index (χ3n) is 4.53. The molecule has 11 heteroatoms. The zero-order chi connectivity index (χ0) is 22.9. The molecule has 0 saturated heterocycles. The van der Waals surface area contributed by atoms with Crippen LogP contribution in [-0.4, -0.2) is 34.5 Å². The van der Waals surface area contributed by atoms with Gasteiger partial charge in [-0.25, -0.2) is 18.4 Å². The van der Waals surface area contributed by atoms with Crippen LogP contribution in [0, 0.1) is 18.3 Å². The van der Waals surface area contributed by atoms with Crippen molar-refractivity contribution in [2.75, 3.05) is 5.32 Å². The fourth-order valence-electron chi connectivity index (χ4n) is 3.10. The lowest BCUT2D eigenvalue weighted by Crippen LogP contribution is -2.07. The van der Waals surface area contributed by atoms with Crippen LogP contribution in [0.25, 0.3) is 21.1 Å². The van der Waals surface area contributed by atoms with Crippen LogP contribution in [0.5, 0.6) is 0 Å². The van der Waals surface area contributed by atoms with Gasteiger partial charge in [0.25, 0.3) is 0 Å². The van der Waals surface area contributed by atoms with Gasteiger partial charge in [-0.05, 0) is 36.8 Å². The van der Waals surface area contributed by atoms with Gasteiger partial charge in [0, 0.05) is 13.1 Å². The highest BCUT2D eigenvalue weighted by Gasteiger charge is 2.32. The van der Waals surface area contributed by atoms with Crippen LogP contribution in [0.1, 0.15) is 18.1 Å². The standard InChI is InChI=1S/C21H16N6O3S2/c1-12-3-5-15(6-4-12)32(29,30)20-16(10-22)18(31-19(20)21-24-11-25-27-21)14-7-8-23-17(9-14)26-13(2)28/h3-9,11H,1-2H3,(H,23,26,28)(H,24,25,27). The van der Waals surface area contributed by atoms with E-state index in [4.69, 9.17) is 0 Å². The number of aromatic nitrogens is 4. The van der Waals surface area contributed by atoms with Crippen LogP contribution < -0.4 is 5.32 Å². The summed E-state index contributed by atoms with van der Waals surface area (Å²) in [6.45, 7) is 3.21. The van der Waals surface area contributed by atoms with Crippen molar-refractivity contribution in [3.63, 3.8) is 0 Å². The number of sulfone groups is 1. The Balaban J connectivity index is 1.99. The first-order valence-electron chi connectivity index (χ1n) is 9.29. The van der Waals surface area contributed by atoms with E-state index in [0.717, 1.165) is 16.9 Å². The number of aryl methyl sites for hydroxylation is 1. The van der Waals surface area contributed by atoms with E-state index >= 15 is 0 Å². The Morgan fingerprint density at radius 3 is 2.53 bits per heavy atom. The molecule has 1 aromatic carbocycles. The molecular formula is C21H16N6O3S2. The Hall–Kier alpha value is -3.88. The number of hydrogen-bond acceptors (Lipinski definition) is 8. The molecule has 0 bridgehead atoms. The van der Waals surface area contributed by atoms with E-state index in [1.165, 1.54) is 31.6 Å². The largest absolute Gasteiger partial charge is 0.311 e. The number of rotatable bonds is 5. The lowest BCUT2D eigenvalue weighted by atomic mass is 10.1.